The van der Waals surface area contributed by atoms with Crippen molar-refractivity contribution in [2.24, 2.45) is 5.73 Å². The second-order valence-electron chi connectivity index (χ2n) is 4.56. The largest absolute Gasteiger partial charge is 0.418 e. The number of benzene rings is 1. The second kappa shape index (κ2) is 4.31. The van der Waals surface area contributed by atoms with Gasteiger partial charge >= 0.3 is 6.18 Å². The molecule has 1 aromatic heterocycles. The van der Waals surface area contributed by atoms with Crippen LogP contribution in [0.5, 0.6) is 0 Å². The lowest BCUT2D eigenvalue weighted by Crippen LogP contribution is -2.09. The van der Waals surface area contributed by atoms with Gasteiger partial charge in [-0.25, -0.2) is 0 Å². The van der Waals surface area contributed by atoms with E-state index in [0.29, 0.717) is 5.39 Å². The smallest absolute Gasteiger partial charge is 0.344 e. The van der Waals surface area contributed by atoms with Gasteiger partial charge in [-0.3, -0.25) is 0 Å². The summed E-state index contributed by atoms with van der Waals surface area (Å²) in [6, 6.07) is 4.18. The van der Waals surface area contributed by atoms with Crippen LogP contribution in [0.4, 0.5) is 13.2 Å². The lowest BCUT2D eigenvalue weighted by molar-refractivity contribution is -0.136. The van der Waals surface area contributed by atoms with E-state index in [1.807, 2.05) is 13.8 Å². The number of fused-ring (bicyclic) bond motifs is 1. The number of hydrogen-bond donors (Lipinski definition) is 1. The van der Waals surface area contributed by atoms with Crippen LogP contribution in [0.1, 0.15) is 31.0 Å². The molecule has 2 N–H and O–H groups in total. The predicted octanol–water partition coefficient (Wildman–Crippen LogP) is 3.70. The molecule has 0 amide bonds. The van der Waals surface area contributed by atoms with Crippen molar-refractivity contribution in [1.82, 2.24) is 4.57 Å². The lowest BCUT2D eigenvalue weighted by atomic mass is 10.1. The van der Waals surface area contributed by atoms with Gasteiger partial charge in [0.2, 0.25) is 0 Å². The number of hydrogen-bond acceptors (Lipinski definition) is 1. The zero-order valence-corrected chi connectivity index (χ0v) is 10.3. The lowest BCUT2D eigenvalue weighted by Gasteiger charge is -2.14. The predicted molar refractivity (Wildman–Crippen MR) is 65.2 cm³/mol. The summed E-state index contributed by atoms with van der Waals surface area (Å²) in [6.07, 6.45) is -2.64. The van der Waals surface area contributed by atoms with Gasteiger partial charge in [0.1, 0.15) is 0 Å². The first-order chi connectivity index (χ1) is 8.36. The fourth-order valence-electron chi connectivity index (χ4n) is 2.18. The molecule has 0 unspecified atom stereocenters. The maximum absolute atomic E-state index is 13.0. The molecule has 98 valence electrons. The van der Waals surface area contributed by atoms with Crippen molar-refractivity contribution in [2.45, 2.75) is 32.6 Å². The highest BCUT2D eigenvalue weighted by Crippen LogP contribution is 2.37. The molecule has 0 aliphatic rings. The molecule has 5 heteroatoms. The van der Waals surface area contributed by atoms with Crippen molar-refractivity contribution < 1.29 is 13.2 Å². The Balaban J connectivity index is 2.85. The van der Waals surface area contributed by atoms with Crippen LogP contribution >= 0.6 is 0 Å². The number of aromatic nitrogens is 1. The van der Waals surface area contributed by atoms with Crippen molar-refractivity contribution in [2.75, 3.05) is 0 Å². The van der Waals surface area contributed by atoms with E-state index in [1.165, 1.54) is 6.07 Å². The first-order valence-electron chi connectivity index (χ1n) is 5.76. The molecule has 0 aliphatic carbocycles. The van der Waals surface area contributed by atoms with Gasteiger partial charge in [0.15, 0.2) is 0 Å². The van der Waals surface area contributed by atoms with E-state index in [1.54, 1.807) is 16.8 Å². The van der Waals surface area contributed by atoms with Crippen LogP contribution in [0.25, 0.3) is 10.9 Å². The highest BCUT2D eigenvalue weighted by Gasteiger charge is 2.34. The molecule has 1 aromatic carbocycles. The molecular weight excluding hydrogens is 241 g/mol. The highest BCUT2D eigenvalue weighted by atomic mass is 19.4. The van der Waals surface area contributed by atoms with Gasteiger partial charge in [-0.2, -0.15) is 13.2 Å². The number of para-hydroxylation sites is 1. The van der Waals surface area contributed by atoms with Crippen molar-refractivity contribution in [3.63, 3.8) is 0 Å². The maximum Gasteiger partial charge on any atom is 0.418 e. The number of halogens is 3. The Hall–Kier alpha value is -1.49. The van der Waals surface area contributed by atoms with Gasteiger partial charge in [0.05, 0.1) is 11.1 Å². The zero-order valence-electron chi connectivity index (χ0n) is 10.3. The van der Waals surface area contributed by atoms with E-state index < -0.39 is 11.7 Å². The Morgan fingerprint density at radius 2 is 1.94 bits per heavy atom. The van der Waals surface area contributed by atoms with Gasteiger partial charge in [0, 0.05) is 24.2 Å². The molecule has 0 bridgehead atoms. The van der Waals surface area contributed by atoms with E-state index >= 15 is 0 Å². The summed E-state index contributed by atoms with van der Waals surface area (Å²) in [5.74, 6) is 0. The van der Waals surface area contributed by atoms with E-state index in [2.05, 4.69) is 0 Å². The SMILES string of the molecule is CC(C)n1cc(CN)c2cccc(C(F)(F)F)c21. The molecule has 18 heavy (non-hydrogen) atoms. The average molecular weight is 256 g/mol. The maximum atomic E-state index is 13.0. The standard InChI is InChI=1S/C13H15F3N2/c1-8(2)18-7-9(6-17)10-4-3-5-11(12(10)18)13(14,15)16/h3-5,7-8H,6,17H2,1-2H3. The van der Waals surface area contributed by atoms with Gasteiger partial charge in [-0.1, -0.05) is 12.1 Å². The average Bonchev–Trinajstić information content (AvgIpc) is 2.66. The Bertz CT molecular complexity index is 567. The van der Waals surface area contributed by atoms with Crippen LogP contribution in [0.3, 0.4) is 0 Å². The van der Waals surface area contributed by atoms with E-state index in [-0.39, 0.29) is 18.1 Å². The molecule has 0 spiro atoms. The zero-order chi connectivity index (χ0) is 13.5. The summed E-state index contributed by atoms with van der Waals surface area (Å²) in [5, 5.41) is 0.584. The number of nitrogens with zero attached hydrogens (tertiary/aromatic N) is 1. The minimum atomic E-state index is -4.35. The van der Waals surface area contributed by atoms with Crippen molar-refractivity contribution in [1.29, 1.82) is 0 Å². The molecule has 0 fully saturated rings. The molecule has 0 saturated heterocycles. The van der Waals surface area contributed by atoms with E-state index in [0.717, 1.165) is 11.6 Å². The summed E-state index contributed by atoms with van der Waals surface area (Å²) >= 11 is 0. The van der Waals surface area contributed by atoms with Crippen LogP contribution in [-0.4, -0.2) is 4.57 Å². The summed E-state index contributed by atoms with van der Waals surface area (Å²) in [7, 11) is 0. The van der Waals surface area contributed by atoms with Gasteiger partial charge in [-0.15, -0.1) is 0 Å². The third kappa shape index (κ3) is 1.99. The van der Waals surface area contributed by atoms with Crippen LogP contribution in [0.2, 0.25) is 0 Å². The van der Waals surface area contributed by atoms with Crippen molar-refractivity contribution >= 4 is 10.9 Å². The van der Waals surface area contributed by atoms with E-state index in [9.17, 15) is 13.2 Å². The van der Waals surface area contributed by atoms with Gasteiger partial charge < -0.3 is 10.3 Å². The van der Waals surface area contributed by atoms with Crippen molar-refractivity contribution in [3.8, 4) is 0 Å². The minimum absolute atomic E-state index is 0.0451. The molecule has 0 saturated carbocycles. The first-order valence-corrected chi connectivity index (χ1v) is 5.76. The molecule has 0 aliphatic heterocycles. The van der Waals surface area contributed by atoms with Crippen LogP contribution in [0.15, 0.2) is 24.4 Å². The van der Waals surface area contributed by atoms with Crippen LogP contribution in [-0.2, 0) is 12.7 Å². The number of alkyl halides is 3. The fraction of sp³-hybridized carbons (Fsp3) is 0.385. The topological polar surface area (TPSA) is 30.9 Å². The quantitative estimate of drug-likeness (QED) is 0.872. The Kier molecular flexibility index (Phi) is 3.11. The number of nitrogens with two attached hydrogens (primary N) is 1. The van der Waals surface area contributed by atoms with Crippen molar-refractivity contribution in [3.05, 3.63) is 35.5 Å². The van der Waals surface area contributed by atoms with E-state index in [4.69, 9.17) is 5.73 Å². The molecule has 0 radical (unpaired) electrons. The normalized spacial score (nSPS) is 12.6. The molecular formula is C13H15F3N2. The molecule has 2 aromatic rings. The third-order valence-electron chi connectivity index (χ3n) is 3.02. The molecule has 2 rings (SSSR count). The third-order valence-corrected chi connectivity index (χ3v) is 3.02. The minimum Gasteiger partial charge on any atom is -0.344 e. The number of rotatable bonds is 2. The van der Waals surface area contributed by atoms with Crippen LogP contribution < -0.4 is 5.73 Å². The summed E-state index contributed by atoms with van der Waals surface area (Å²) < 4.78 is 40.7. The Labute approximate surface area is 103 Å². The monoisotopic (exact) mass is 256 g/mol. The molecule has 0 atom stereocenters. The summed E-state index contributed by atoms with van der Waals surface area (Å²) in [6.45, 7) is 3.94. The highest BCUT2D eigenvalue weighted by molar-refractivity contribution is 5.87. The molecule has 1 heterocycles. The van der Waals surface area contributed by atoms with Gasteiger partial charge in [0.25, 0.3) is 0 Å². The Morgan fingerprint density at radius 3 is 2.44 bits per heavy atom. The fourth-order valence-corrected chi connectivity index (χ4v) is 2.18. The molecule has 2 nitrogen and oxygen atoms in total. The van der Waals surface area contributed by atoms with Crippen LogP contribution in [0, 0.1) is 0 Å². The summed E-state index contributed by atoms with van der Waals surface area (Å²) in [5.41, 5.74) is 5.95. The first kappa shape index (κ1) is 13.0. The second-order valence-corrected chi connectivity index (χ2v) is 4.56. The van der Waals surface area contributed by atoms with Gasteiger partial charge in [-0.05, 0) is 25.5 Å². The Morgan fingerprint density at radius 1 is 1.28 bits per heavy atom. The summed E-state index contributed by atoms with van der Waals surface area (Å²) in [4.78, 5) is 0.